The highest BCUT2D eigenvalue weighted by molar-refractivity contribution is 7.86. The van der Waals surface area contributed by atoms with Crippen LogP contribution in [-0.4, -0.2) is 39.1 Å². The summed E-state index contributed by atoms with van der Waals surface area (Å²) in [5.74, 6) is 0.671. The molecule has 0 aromatic carbocycles. The van der Waals surface area contributed by atoms with Crippen molar-refractivity contribution in [3.05, 3.63) is 0 Å². The molecule has 0 radical (unpaired) electrons. The predicted octanol–water partition coefficient (Wildman–Crippen LogP) is 5.19. The third-order valence-corrected chi connectivity index (χ3v) is 6.62. The maximum Gasteiger partial charge on any atom is 0.305 e. The molecule has 30 heavy (non-hydrogen) atoms. The van der Waals surface area contributed by atoms with E-state index >= 15 is 0 Å². The Labute approximate surface area is 183 Å². The van der Waals surface area contributed by atoms with Gasteiger partial charge in [-0.25, -0.2) is 0 Å². The van der Waals surface area contributed by atoms with Gasteiger partial charge in [0.25, 0.3) is 10.1 Å². The fourth-order valence-electron chi connectivity index (χ4n) is 4.45. The smallest absolute Gasteiger partial charge is 0.305 e. The van der Waals surface area contributed by atoms with Crippen molar-refractivity contribution in [2.24, 2.45) is 11.8 Å². The van der Waals surface area contributed by atoms with Crippen LogP contribution in [0.3, 0.4) is 0 Å². The molecule has 1 aliphatic carbocycles. The molecule has 1 rings (SSSR count). The Kier molecular flexibility index (Phi) is 13.5. The van der Waals surface area contributed by atoms with Crippen molar-refractivity contribution in [2.45, 2.75) is 110 Å². The van der Waals surface area contributed by atoms with Crippen LogP contribution < -0.4 is 0 Å². The molecule has 0 aliphatic heterocycles. The minimum atomic E-state index is -3.46. The lowest BCUT2D eigenvalue weighted by Crippen LogP contribution is -2.21. The fourth-order valence-corrected chi connectivity index (χ4v) is 5.14. The van der Waals surface area contributed by atoms with Crippen LogP contribution in [-0.2, 0) is 28.6 Å². The van der Waals surface area contributed by atoms with E-state index < -0.39 is 10.1 Å². The van der Waals surface area contributed by atoms with Crippen molar-refractivity contribution in [2.75, 3.05) is 12.9 Å². The summed E-state index contributed by atoms with van der Waals surface area (Å²) in [4.78, 5) is 23.7. The van der Waals surface area contributed by atoms with Gasteiger partial charge in [-0.1, -0.05) is 45.4 Å². The molecule has 6 nitrogen and oxygen atoms in total. The first kappa shape index (κ1) is 27.1. The van der Waals surface area contributed by atoms with Crippen molar-refractivity contribution in [3.63, 3.8) is 0 Å². The minimum Gasteiger partial charge on any atom is -0.466 e. The van der Waals surface area contributed by atoms with Gasteiger partial charge in [-0.2, -0.15) is 8.42 Å². The molecule has 0 bridgehead atoms. The van der Waals surface area contributed by atoms with E-state index in [-0.39, 0.29) is 18.0 Å². The Morgan fingerprint density at radius 1 is 1.03 bits per heavy atom. The van der Waals surface area contributed by atoms with Crippen molar-refractivity contribution in [1.82, 2.24) is 0 Å². The number of carbonyl (C=O) groups is 2. The lowest BCUT2D eigenvalue weighted by Gasteiger charge is -2.22. The molecule has 0 saturated heterocycles. The van der Waals surface area contributed by atoms with Crippen molar-refractivity contribution in [1.29, 1.82) is 0 Å². The summed E-state index contributed by atoms with van der Waals surface area (Å²) in [5, 5.41) is 0. The van der Waals surface area contributed by atoms with Gasteiger partial charge >= 0.3 is 5.97 Å². The second-order valence-corrected chi connectivity index (χ2v) is 10.2. The minimum absolute atomic E-state index is 0.101. The third-order valence-electron chi connectivity index (χ3n) is 6.00. The molecule has 1 fully saturated rings. The molecule has 7 heteroatoms. The molecule has 1 unspecified atom stereocenters. The van der Waals surface area contributed by atoms with E-state index in [1.54, 1.807) is 0 Å². The first-order chi connectivity index (χ1) is 14.3. The number of ether oxygens (including phenoxy) is 1. The molecule has 3 atom stereocenters. The molecule has 0 N–H and O–H groups in total. The monoisotopic (exact) mass is 446 g/mol. The SMILES string of the molecule is CCCCCC(CC[C@H]1CCC(=O)[C@@H]1CCCCCCC(=O)OCC)OS(C)(=O)=O. The van der Waals surface area contributed by atoms with Gasteiger partial charge in [0.15, 0.2) is 0 Å². The Hall–Kier alpha value is -0.950. The quantitative estimate of drug-likeness (QED) is 0.174. The molecular formula is C23H42O6S. The predicted molar refractivity (Wildman–Crippen MR) is 119 cm³/mol. The summed E-state index contributed by atoms with van der Waals surface area (Å²) in [5.41, 5.74) is 0. The van der Waals surface area contributed by atoms with Crippen LogP contribution in [0, 0.1) is 11.8 Å². The van der Waals surface area contributed by atoms with Gasteiger partial charge < -0.3 is 4.74 Å². The molecule has 0 spiro atoms. The van der Waals surface area contributed by atoms with Crippen molar-refractivity contribution < 1.29 is 26.9 Å². The maximum atomic E-state index is 12.4. The molecular weight excluding hydrogens is 404 g/mol. The van der Waals surface area contributed by atoms with E-state index in [4.69, 9.17) is 8.92 Å². The zero-order valence-corrected chi connectivity index (χ0v) is 20.0. The highest BCUT2D eigenvalue weighted by Gasteiger charge is 2.34. The standard InChI is InChI=1S/C23H42O6S/c1-4-6-9-12-20(29-30(3,26)27)17-15-19-16-18-22(24)21(19)13-10-7-8-11-14-23(25)28-5-2/h19-21H,4-18H2,1-3H3/t19-,20?,21+/m0/s1. The van der Waals surface area contributed by atoms with Gasteiger partial charge in [0.2, 0.25) is 0 Å². The summed E-state index contributed by atoms with van der Waals surface area (Å²) >= 11 is 0. The molecule has 0 heterocycles. The van der Waals surface area contributed by atoms with Crippen LogP contribution >= 0.6 is 0 Å². The molecule has 0 aromatic heterocycles. The Morgan fingerprint density at radius 2 is 1.77 bits per heavy atom. The average Bonchev–Trinajstić information content (AvgIpc) is 3.01. The van der Waals surface area contributed by atoms with E-state index in [0.717, 1.165) is 76.9 Å². The van der Waals surface area contributed by atoms with Crippen molar-refractivity contribution >= 4 is 21.9 Å². The summed E-state index contributed by atoms with van der Waals surface area (Å²) < 4.78 is 33.4. The average molecular weight is 447 g/mol. The van der Waals surface area contributed by atoms with E-state index in [2.05, 4.69) is 6.92 Å². The number of carbonyl (C=O) groups excluding carboxylic acids is 2. The molecule has 1 saturated carbocycles. The van der Waals surface area contributed by atoms with Gasteiger partial charge in [0, 0.05) is 18.8 Å². The number of unbranched alkanes of at least 4 members (excludes halogenated alkanes) is 5. The van der Waals surface area contributed by atoms with Crippen LogP contribution in [0.4, 0.5) is 0 Å². The number of hydrogen-bond acceptors (Lipinski definition) is 6. The highest BCUT2D eigenvalue weighted by Crippen LogP contribution is 2.36. The van der Waals surface area contributed by atoms with Gasteiger partial charge in [-0.05, 0) is 51.4 Å². The third kappa shape index (κ3) is 12.0. The van der Waals surface area contributed by atoms with Crippen LogP contribution in [0.2, 0.25) is 0 Å². The van der Waals surface area contributed by atoms with Gasteiger partial charge in [-0.15, -0.1) is 0 Å². The number of rotatable bonds is 17. The van der Waals surface area contributed by atoms with E-state index in [1.807, 2.05) is 6.92 Å². The maximum absolute atomic E-state index is 12.4. The highest BCUT2D eigenvalue weighted by atomic mass is 32.2. The molecule has 1 aliphatic rings. The first-order valence-corrected chi connectivity index (χ1v) is 13.6. The largest absolute Gasteiger partial charge is 0.466 e. The van der Waals surface area contributed by atoms with Gasteiger partial charge in [0.05, 0.1) is 19.0 Å². The van der Waals surface area contributed by atoms with Gasteiger partial charge in [-0.3, -0.25) is 13.8 Å². The fraction of sp³-hybridized carbons (Fsp3) is 0.913. The number of Topliss-reactive ketones (excluding diaryl/α,β-unsaturated/α-hetero) is 1. The molecule has 176 valence electrons. The lowest BCUT2D eigenvalue weighted by molar-refractivity contribution is -0.143. The zero-order chi connectivity index (χ0) is 22.4. The topological polar surface area (TPSA) is 86.7 Å². The van der Waals surface area contributed by atoms with E-state index in [9.17, 15) is 18.0 Å². The number of esters is 1. The number of ketones is 1. The summed E-state index contributed by atoms with van der Waals surface area (Å²) in [6.07, 6.45) is 13.0. The van der Waals surface area contributed by atoms with Crippen LogP contribution in [0.15, 0.2) is 0 Å². The van der Waals surface area contributed by atoms with Crippen molar-refractivity contribution in [3.8, 4) is 0 Å². The normalized spacial score (nSPS) is 20.4. The number of hydrogen-bond donors (Lipinski definition) is 0. The van der Waals surface area contributed by atoms with E-state index in [1.165, 1.54) is 0 Å². The molecule has 0 amide bonds. The second-order valence-electron chi connectivity index (χ2n) is 8.62. The van der Waals surface area contributed by atoms with Crippen LogP contribution in [0.25, 0.3) is 0 Å². The Balaban J connectivity index is 2.38. The Morgan fingerprint density at radius 3 is 2.43 bits per heavy atom. The summed E-state index contributed by atoms with van der Waals surface area (Å²) in [6.45, 7) is 4.37. The van der Waals surface area contributed by atoms with Crippen LogP contribution in [0.1, 0.15) is 104 Å². The first-order valence-electron chi connectivity index (χ1n) is 11.8. The molecule has 0 aromatic rings. The van der Waals surface area contributed by atoms with Gasteiger partial charge in [0.1, 0.15) is 5.78 Å². The van der Waals surface area contributed by atoms with E-state index in [0.29, 0.717) is 37.6 Å². The summed E-state index contributed by atoms with van der Waals surface area (Å²) in [6, 6.07) is 0. The van der Waals surface area contributed by atoms with Crippen LogP contribution in [0.5, 0.6) is 0 Å². The second kappa shape index (κ2) is 15.0. The zero-order valence-electron chi connectivity index (χ0n) is 19.2. The lowest BCUT2D eigenvalue weighted by atomic mass is 9.86. The summed E-state index contributed by atoms with van der Waals surface area (Å²) in [7, 11) is -3.46. The Bertz CT molecular complexity index is 601.